The Balaban J connectivity index is 0.00000288. The van der Waals surface area contributed by atoms with Crippen LogP contribution in [0.3, 0.4) is 0 Å². The zero-order chi connectivity index (χ0) is 16.9. The summed E-state index contributed by atoms with van der Waals surface area (Å²) in [6.45, 7) is 5.23. The number of carbonyl (C=O) groups excluding carboxylic acids is 2. The summed E-state index contributed by atoms with van der Waals surface area (Å²) >= 11 is 0. The molecule has 2 rings (SSSR count). The number of halogens is 1. The van der Waals surface area contributed by atoms with Gasteiger partial charge in [0.15, 0.2) is 0 Å². The summed E-state index contributed by atoms with van der Waals surface area (Å²) in [5.41, 5.74) is 6.50. The lowest BCUT2D eigenvalue weighted by atomic mass is 9.79. The second-order valence-electron chi connectivity index (χ2n) is 6.26. The molecule has 1 aromatic rings. The zero-order valence-corrected chi connectivity index (χ0v) is 14.9. The van der Waals surface area contributed by atoms with Crippen molar-refractivity contribution in [2.45, 2.75) is 32.7 Å². The first kappa shape index (κ1) is 20.4. The zero-order valence-electron chi connectivity index (χ0n) is 14.1. The van der Waals surface area contributed by atoms with E-state index in [0.29, 0.717) is 43.9 Å². The Kier molecular flexibility index (Phi) is 7.66. The average Bonchev–Trinajstić information content (AvgIpc) is 2.55. The SMILES string of the molecule is CC(C)NC(=O)c1ccc(NC(=O)C2(CN)CCOCC2)cc1.Cl. The van der Waals surface area contributed by atoms with E-state index >= 15 is 0 Å². The highest BCUT2D eigenvalue weighted by atomic mass is 35.5. The molecule has 0 spiro atoms. The summed E-state index contributed by atoms with van der Waals surface area (Å²) < 4.78 is 5.32. The van der Waals surface area contributed by atoms with Gasteiger partial charge in [-0.2, -0.15) is 0 Å². The van der Waals surface area contributed by atoms with Crippen LogP contribution in [0, 0.1) is 5.41 Å². The molecule has 0 aliphatic carbocycles. The molecule has 1 saturated heterocycles. The van der Waals surface area contributed by atoms with Crippen molar-refractivity contribution >= 4 is 29.9 Å². The fourth-order valence-electron chi connectivity index (χ4n) is 2.60. The van der Waals surface area contributed by atoms with Crippen molar-refractivity contribution in [1.29, 1.82) is 0 Å². The summed E-state index contributed by atoms with van der Waals surface area (Å²) in [7, 11) is 0. The standard InChI is InChI=1S/C17H25N3O3.ClH/c1-12(2)19-15(21)13-3-5-14(6-4-13)20-16(22)17(11-18)7-9-23-10-8-17;/h3-6,12H,7-11,18H2,1-2H3,(H,19,21)(H,20,22);1H. The molecule has 0 unspecified atom stereocenters. The number of hydrogen-bond acceptors (Lipinski definition) is 4. The topological polar surface area (TPSA) is 93.5 Å². The first-order valence-electron chi connectivity index (χ1n) is 7.97. The summed E-state index contributed by atoms with van der Waals surface area (Å²) in [5.74, 6) is -0.205. The number of anilines is 1. The minimum atomic E-state index is -0.564. The molecule has 0 bridgehead atoms. The van der Waals surface area contributed by atoms with Crippen LogP contribution >= 0.6 is 12.4 Å². The van der Waals surface area contributed by atoms with Gasteiger partial charge in [0.2, 0.25) is 5.91 Å². The quantitative estimate of drug-likeness (QED) is 0.752. The maximum atomic E-state index is 12.6. The minimum absolute atomic E-state index is 0. The molecule has 0 atom stereocenters. The Morgan fingerprint density at radius 3 is 2.29 bits per heavy atom. The molecule has 6 nitrogen and oxygen atoms in total. The molecule has 0 aromatic heterocycles. The summed E-state index contributed by atoms with van der Waals surface area (Å²) in [6.07, 6.45) is 1.26. The van der Waals surface area contributed by atoms with Crippen molar-refractivity contribution in [1.82, 2.24) is 5.32 Å². The molecule has 7 heteroatoms. The lowest BCUT2D eigenvalue weighted by Crippen LogP contribution is -2.46. The average molecular weight is 356 g/mol. The normalized spacial score (nSPS) is 16.2. The second kappa shape index (κ2) is 9.01. The van der Waals surface area contributed by atoms with Crippen molar-refractivity contribution in [3.8, 4) is 0 Å². The van der Waals surface area contributed by atoms with E-state index in [0.717, 1.165) is 0 Å². The highest BCUT2D eigenvalue weighted by Crippen LogP contribution is 2.30. The maximum Gasteiger partial charge on any atom is 0.251 e. The van der Waals surface area contributed by atoms with Crippen molar-refractivity contribution in [2.24, 2.45) is 11.1 Å². The maximum absolute atomic E-state index is 12.6. The number of hydrogen-bond donors (Lipinski definition) is 3. The molecule has 0 radical (unpaired) electrons. The largest absolute Gasteiger partial charge is 0.381 e. The summed E-state index contributed by atoms with van der Waals surface area (Å²) in [6, 6.07) is 6.95. The van der Waals surface area contributed by atoms with Gasteiger partial charge in [-0.05, 0) is 51.0 Å². The number of carbonyl (C=O) groups is 2. The number of rotatable bonds is 5. The third kappa shape index (κ3) is 4.93. The van der Waals surface area contributed by atoms with Gasteiger partial charge in [-0.15, -0.1) is 12.4 Å². The van der Waals surface area contributed by atoms with Crippen molar-refractivity contribution < 1.29 is 14.3 Å². The van der Waals surface area contributed by atoms with E-state index in [1.54, 1.807) is 24.3 Å². The van der Waals surface area contributed by atoms with Crippen LogP contribution in [-0.2, 0) is 9.53 Å². The lowest BCUT2D eigenvalue weighted by molar-refractivity contribution is -0.130. The Labute approximate surface area is 148 Å². The van der Waals surface area contributed by atoms with Crippen LogP contribution in [0.4, 0.5) is 5.69 Å². The Bertz CT molecular complexity index is 555. The van der Waals surface area contributed by atoms with Gasteiger partial charge >= 0.3 is 0 Å². The van der Waals surface area contributed by atoms with Crippen LogP contribution in [0.5, 0.6) is 0 Å². The summed E-state index contributed by atoms with van der Waals surface area (Å²) in [5, 5.41) is 5.73. The highest BCUT2D eigenvalue weighted by Gasteiger charge is 2.38. The monoisotopic (exact) mass is 355 g/mol. The molecule has 4 N–H and O–H groups in total. The molecule has 1 aliphatic heterocycles. The van der Waals surface area contributed by atoms with Gasteiger partial charge in [-0.1, -0.05) is 0 Å². The third-order valence-corrected chi connectivity index (χ3v) is 4.15. The molecule has 1 fully saturated rings. The molecule has 1 aromatic carbocycles. The molecule has 134 valence electrons. The lowest BCUT2D eigenvalue weighted by Gasteiger charge is -2.34. The molecule has 0 saturated carbocycles. The van der Waals surface area contributed by atoms with Crippen LogP contribution < -0.4 is 16.4 Å². The fourth-order valence-corrected chi connectivity index (χ4v) is 2.60. The Morgan fingerprint density at radius 2 is 1.79 bits per heavy atom. The Morgan fingerprint density at radius 1 is 1.21 bits per heavy atom. The minimum Gasteiger partial charge on any atom is -0.381 e. The van der Waals surface area contributed by atoms with E-state index in [1.807, 2.05) is 13.8 Å². The first-order chi connectivity index (χ1) is 11.0. The molecule has 1 heterocycles. The predicted molar refractivity (Wildman–Crippen MR) is 96.5 cm³/mol. The van der Waals surface area contributed by atoms with Crippen LogP contribution in [0.2, 0.25) is 0 Å². The first-order valence-corrected chi connectivity index (χ1v) is 7.97. The molecule has 24 heavy (non-hydrogen) atoms. The van der Waals surface area contributed by atoms with Crippen molar-refractivity contribution in [3.63, 3.8) is 0 Å². The van der Waals surface area contributed by atoms with Gasteiger partial charge in [0, 0.05) is 37.1 Å². The third-order valence-electron chi connectivity index (χ3n) is 4.15. The van der Waals surface area contributed by atoms with Gasteiger partial charge in [-0.25, -0.2) is 0 Å². The molecular formula is C17H26ClN3O3. The van der Waals surface area contributed by atoms with Crippen LogP contribution in [0.25, 0.3) is 0 Å². The molecular weight excluding hydrogens is 330 g/mol. The van der Waals surface area contributed by atoms with Crippen LogP contribution in [0.1, 0.15) is 37.0 Å². The van der Waals surface area contributed by atoms with E-state index in [-0.39, 0.29) is 30.3 Å². The number of nitrogens with one attached hydrogen (secondary N) is 2. The van der Waals surface area contributed by atoms with E-state index in [9.17, 15) is 9.59 Å². The van der Waals surface area contributed by atoms with Crippen LogP contribution in [0.15, 0.2) is 24.3 Å². The summed E-state index contributed by atoms with van der Waals surface area (Å²) in [4.78, 5) is 24.5. The Hall–Kier alpha value is -1.63. The molecule has 2 amide bonds. The van der Waals surface area contributed by atoms with Crippen LogP contribution in [-0.4, -0.2) is 37.6 Å². The smallest absolute Gasteiger partial charge is 0.251 e. The van der Waals surface area contributed by atoms with Gasteiger partial charge in [0.05, 0.1) is 5.41 Å². The van der Waals surface area contributed by atoms with Gasteiger partial charge in [0.1, 0.15) is 0 Å². The van der Waals surface area contributed by atoms with E-state index in [4.69, 9.17) is 10.5 Å². The fraction of sp³-hybridized carbons (Fsp3) is 0.529. The number of benzene rings is 1. The highest BCUT2D eigenvalue weighted by molar-refractivity contribution is 5.97. The van der Waals surface area contributed by atoms with Gasteiger partial charge in [-0.3, -0.25) is 9.59 Å². The number of nitrogens with two attached hydrogens (primary N) is 1. The van der Waals surface area contributed by atoms with Gasteiger partial charge in [0.25, 0.3) is 5.91 Å². The number of ether oxygens (including phenoxy) is 1. The molecule has 1 aliphatic rings. The van der Waals surface area contributed by atoms with Crippen molar-refractivity contribution in [2.75, 3.05) is 25.1 Å². The van der Waals surface area contributed by atoms with E-state index in [1.165, 1.54) is 0 Å². The van der Waals surface area contributed by atoms with E-state index in [2.05, 4.69) is 10.6 Å². The van der Waals surface area contributed by atoms with Crippen molar-refractivity contribution in [3.05, 3.63) is 29.8 Å². The number of amides is 2. The second-order valence-corrected chi connectivity index (χ2v) is 6.26. The van der Waals surface area contributed by atoms with E-state index < -0.39 is 5.41 Å². The van der Waals surface area contributed by atoms with Gasteiger partial charge < -0.3 is 21.1 Å². The predicted octanol–water partition coefficient (Wildman–Crippen LogP) is 1.94.